The second-order valence-corrected chi connectivity index (χ2v) is 22.9. The Morgan fingerprint density at radius 2 is 1.22 bits per heavy atom. The highest BCUT2D eigenvalue weighted by molar-refractivity contribution is 5.78. The molecule has 3 rings (SSSR count). The zero-order valence-corrected chi connectivity index (χ0v) is 48.8. The SMILES string of the molecule is CCCCCCCCCCCCCCCCCC(=O)N[C@@H](CO[C@@H]1O[C@H](CO[C@]2(C(=O)O)C[C@H](O)[C@@H](NC(=O)CO[C@@H]3O[C@@H](C)[C@@H](O)[C@@H](O)[C@@H]3O)[C@H](C(O)C(O)CO)O2)[C@@H](O)[C@H](O)[C@H]1O)[C@H](O)/C=C/CCCCCCCCC(C)CC. The summed E-state index contributed by atoms with van der Waals surface area (Å²) in [6, 6.07) is -2.79. The zero-order chi connectivity index (χ0) is 59.9. The average molecular weight is 1170 g/mol. The van der Waals surface area contributed by atoms with Gasteiger partial charge >= 0.3 is 5.97 Å². The van der Waals surface area contributed by atoms with Gasteiger partial charge in [-0.3, -0.25) is 9.59 Å². The Bertz CT molecular complexity index is 1740. The van der Waals surface area contributed by atoms with Gasteiger partial charge in [-0.05, 0) is 32.1 Å². The quantitative estimate of drug-likeness (QED) is 0.0308. The molecule has 474 valence electrons. The molecule has 3 unspecified atom stereocenters. The Morgan fingerprint density at radius 1 is 0.679 bits per heavy atom. The average Bonchev–Trinajstić information content (AvgIpc) is 3.44. The number of hydrogen-bond donors (Lipinski definition) is 14. The molecule has 23 heteroatoms. The molecule has 81 heavy (non-hydrogen) atoms. The lowest BCUT2D eigenvalue weighted by atomic mass is 9.88. The van der Waals surface area contributed by atoms with E-state index < -0.39 is 155 Å². The number of carboxylic acid groups (broad SMARTS) is 1. The van der Waals surface area contributed by atoms with Gasteiger partial charge in [0, 0.05) is 12.8 Å². The molecule has 0 bridgehead atoms. The van der Waals surface area contributed by atoms with Gasteiger partial charge in [0.05, 0.1) is 50.2 Å². The number of unbranched alkanes of at least 4 members (excludes halogenated alkanes) is 20. The van der Waals surface area contributed by atoms with Crippen molar-refractivity contribution in [3.8, 4) is 0 Å². The summed E-state index contributed by atoms with van der Waals surface area (Å²) in [6.07, 6.45) is 3.60. The minimum Gasteiger partial charge on any atom is -0.477 e. The lowest BCUT2D eigenvalue weighted by molar-refractivity contribution is -0.339. The van der Waals surface area contributed by atoms with E-state index in [1.807, 2.05) is 6.08 Å². The fourth-order valence-corrected chi connectivity index (χ4v) is 10.4. The molecule has 3 aliphatic rings. The summed E-state index contributed by atoms with van der Waals surface area (Å²) >= 11 is 0. The second kappa shape index (κ2) is 40.0. The summed E-state index contributed by atoms with van der Waals surface area (Å²) in [6.45, 7) is 4.68. The van der Waals surface area contributed by atoms with Crippen molar-refractivity contribution in [3.05, 3.63) is 12.2 Å². The number of allylic oxidation sites excluding steroid dienone is 1. The number of carbonyl (C=O) groups excluding carboxylic acids is 2. The van der Waals surface area contributed by atoms with Crippen molar-refractivity contribution >= 4 is 17.8 Å². The van der Waals surface area contributed by atoms with E-state index in [0.717, 1.165) is 57.3 Å². The molecule has 0 aromatic rings. The molecule has 0 aromatic heterocycles. The van der Waals surface area contributed by atoms with Crippen LogP contribution in [0.25, 0.3) is 0 Å². The van der Waals surface area contributed by atoms with E-state index >= 15 is 0 Å². The van der Waals surface area contributed by atoms with E-state index in [-0.39, 0.29) is 12.3 Å². The number of rotatable bonds is 43. The van der Waals surface area contributed by atoms with Crippen molar-refractivity contribution in [2.75, 3.05) is 26.4 Å². The maximum atomic E-state index is 13.4. The maximum Gasteiger partial charge on any atom is 0.364 e. The first-order valence-electron chi connectivity index (χ1n) is 30.5. The summed E-state index contributed by atoms with van der Waals surface area (Å²) in [5.41, 5.74) is 0. The Hall–Kier alpha value is -2.53. The highest BCUT2D eigenvalue weighted by Gasteiger charge is 2.57. The number of amides is 2. The molecule has 0 radical (unpaired) electrons. The van der Waals surface area contributed by atoms with Gasteiger partial charge in [-0.1, -0.05) is 168 Å². The zero-order valence-electron chi connectivity index (χ0n) is 48.8. The van der Waals surface area contributed by atoms with Crippen LogP contribution in [0.15, 0.2) is 12.2 Å². The van der Waals surface area contributed by atoms with Crippen LogP contribution in [-0.2, 0) is 42.8 Å². The number of aliphatic carboxylic acids is 1. The molecule has 0 aliphatic carbocycles. The summed E-state index contributed by atoms with van der Waals surface area (Å²) < 4.78 is 33.7. The van der Waals surface area contributed by atoms with E-state index in [4.69, 9.17) is 28.4 Å². The van der Waals surface area contributed by atoms with E-state index in [1.54, 1.807) is 6.08 Å². The number of hydrogen-bond acceptors (Lipinski definition) is 20. The number of nitrogens with one attached hydrogen (secondary N) is 2. The predicted molar refractivity (Wildman–Crippen MR) is 297 cm³/mol. The number of carbonyl (C=O) groups is 3. The third kappa shape index (κ3) is 25.5. The first kappa shape index (κ1) is 72.7. The topological polar surface area (TPSA) is 373 Å². The van der Waals surface area contributed by atoms with Crippen molar-refractivity contribution in [2.45, 2.75) is 304 Å². The number of aliphatic hydroxyl groups is 11. The third-order valence-electron chi connectivity index (χ3n) is 16.0. The lowest BCUT2D eigenvalue weighted by Gasteiger charge is -2.47. The van der Waals surface area contributed by atoms with Crippen molar-refractivity contribution in [1.29, 1.82) is 0 Å². The minimum absolute atomic E-state index is 0.189. The van der Waals surface area contributed by atoms with Crippen molar-refractivity contribution in [1.82, 2.24) is 10.6 Å². The van der Waals surface area contributed by atoms with Crippen LogP contribution in [-0.4, -0.2) is 215 Å². The van der Waals surface area contributed by atoms with E-state index in [9.17, 15) is 75.7 Å². The highest BCUT2D eigenvalue weighted by Crippen LogP contribution is 2.35. The maximum absolute atomic E-state index is 13.4. The van der Waals surface area contributed by atoms with Crippen LogP contribution in [0, 0.1) is 5.92 Å². The first-order chi connectivity index (χ1) is 38.7. The van der Waals surface area contributed by atoms with Crippen LogP contribution in [0.4, 0.5) is 0 Å². The van der Waals surface area contributed by atoms with Gasteiger partial charge in [-0.25, -0.2) is 4.79 Å². The molecule has 2 amide bonds. The summed E-state index contributed by atoms with van der Waals surface area (Å²) in [5.74, 6) is -5.49. The van der Waals surface area contributed by atoms with E-state index in [0.29, 0.717) is 12.8 Å². The summed E-state index contributed by atoms with van der Waals surface area (Å²) in [4.78, 5) is 39.5. The van der Waals surface area contributed by atoms with Crippen LogP contribution < -0.4 is 10.6 Å². The van der Waals surface area contributed by atoms with Gasteiger partial charge < -0.3 is 100 Å². The largest absolute Gasteiger partial charge is 0.477 e. The number of carboxylic acids is 1. The number of ether oxygens (including phenoxy) is 6. The molecule has 0 aromatic carbocycles. The lowest BCUT2D eigenvalue weighted by Crippen LogP contribution is -2.69. The normalized spacial score (nSPS) is 30.9. The van der Waals surface area contributed by atoms with Crippen molar-refractivity contribution in [3.63, 3.8) is 0 Å². The molecule has 14 N–H and O–H groups in total. The fraction of sp³-hybridized carbons (Fsp3) is 0.914. The van der Waals surface area contributed by atoms with Gasteiger partial charge in [0.1, 0.15) is 67.6 Å². The van der Waals surface area contributed by atoms with Crippen LogP contribution in [0.2, 0.25) is 0 Å². The van der Waals surface area contributed by atoms with E-state index in [1.165, 1.54) is 96.8 Å². The molecule has 0 spiro atoms. The molecular weight excluding hydrogens is 1060 g/mol. The minimum atomic E-state index is -2.93. The third-order valence-corrected chi connectivity index (χ3v) is 16.0. The van der Waals surface area contributed by atoms with E-state index in [2.05, 4.69) is 31.4 Å². The van der Waals surface area contributed by atoms with Crippen LogP contribution in [0.5, 0.6) is 0 Å². The Labute approximate surface area is 480 Å². The monoisotopic (exact) mass is 1170 g/mol. The van der Waals surface area contributed by atoms with Gasteiger partial charge in [-0.2, -0.15) is 0 Å². The standard InChI is InChI=1S/C58H106N2O21/c1-5-7-8-9-10-11-12-13-14-15-16-17-22-25-28-31-44(65)59-39(40(62)30-27-24-21-19-18-20-23-26-29-37(3)6-2)34-76-56-53(73)51(71)49(69)43(80-56)35-78-58(57(74)75)32-41(63)46(54(81-58)48(68)42(64)33-61)60-45(66)36-77-55-52(72)50(70)47(67)38(4)79-55/h27,30,37-43,46-56,61-64,67-73H,5-26,28-29,31-36H2,1-4H3,(H,59,65)(H,60,66)(H,74,75)/b30-27+/t37?,38-,39-,40+,41-,42?,43+,46+,47+,48?,49+,50+,51-,52-,53+,54+,55+,56+,58+/m0/s1. The summed E-state index contributed by atoms with van der Waals surface area (Å²) in [5, 5.41) is 133. The molecule has 3 fully saturated rings. The molecule has 0 saturated carbocycles. The molecule has 3 heterocycles. The van der Waals surface area contributed by atoms with Crippen molar-refractivity contribution in [2.24, 2.45) is 5.92 Å². The molecule has 19 atom stereocenters. The van der Waals surface area contributed by atoms with Gasteiger partial charge in [0.25, 0.3) is 5.79 Å². The van der Waals surface area contributed by atoms with Gasteiger partial charge in [-0.15, -0.1) is 0 Å². The molecule has 23 nitrogen and oxygen atoms in total. The highest BCUT2D eigenvalue weighted by atomic mass is 16.7. The molecule has 3 saturated heterocycles. The Balaban J connectivity index is 1.64. The summed E-state index contributed by atoms with van der Waals surface area (Å²) in [7, 11) is 0. The van der Waals surface area contributed by atoms with Crippen molar-refractivity contribution < 1.29 is 104 Å². The Kier molecular flexibility index (Phi) is 35.9. The Morgan fingerprint density at radius 3 is 1.79 bits per heavy atom. The first-order valence-corrected chi connectivity index (χ1v) is 30.5. The molecule has 3 aliphatic heterocycles. The molecular formula is C58H106N2O21. The van der Waals surface area contributed by atoms with Crippen LogP contribution >= 0.6 is 0 Å². The number of aliphatic hydroxyl groups excluding tert-OH is 11. The smallest absolute Gasteiger partial charge is 0.364 e. The fourth-order valence-electron chi connectivity index (χ4n) is 10.4. The van der Waals surface area contributed by atoms with Crippen LogP contribution in [0.1, 0.15) is 195 Å². The van der Waals surface area contributed by atoms with Gasteiger partial charge in [0.15, 0.2) is 12.6 Å². The predicted octanol–water partition coefficient (Wildman–Crippen LogP) is 2.63. The second-order valence-electron chi connectivity index (χ2n) is 22.9. The van der Waals surface area contributed by atoms with Gasteiger partial charge in [0.2, 0.25) is 11.8 Å². The van der Waals surface area contributed by atoms with Crippen LogP contribution in [0.3, 0.4) is 0 Å².